The van der Waals surface area contributed by atoms with Gasteiger partial charge in [-0.15, -0.1) is 0 Å². The maximum absolute atomic E-state index is 11.1. The van der Waals surface area contributed by atoms with Crippen molar-refractivity contribution < 1.29 is 23.7 Å². The Balaban J connectivity index is 3.09. The minimum absolute atomic E-state index is 0.0807. The van der Waals surface area contributed by atoms with E-state index in [9.17, 15) is 4.79 Å². The summed E-state index contributed by atoms with van der Waals surface area (Å²) < 4.78 is 20.5. The fourth-order valence-corrected chi connectivity index (χ4v) is 1.05. The van der Waals surface area contributed by atoms with Crippen molar-refractivity contribution in [1.82, 2.24) is 5.32 Å². The topological polar surface area (TPSA) is 66.0 Å². The molecule has 0 aromatic carbocycles. The van der Waals surface area contributed by atoms with Crippen molar-refractivity contribution in [3.63, 3.8) is 0 Å². The van der Waals surface area contributed by atoms with E-state index in [1.54, 1.807) is 0 Å². The zero-order valence-corrected chi connectivity index (χ0v) is 11.6. The minimum Gasteiger partial charge on any atom is -0.447 e. The summed E-state index contributed by atoms with van der Waals surface area (Å²) in [4.78, 5) is 11.1. The van der Waals surface area contributed by atoms with Crippen molar-refractivity contribution in [2.75, 3.05) is 46.2 Å². The third-order valence-corrected chi connectivity index (χ3v) is 1.82. The quantitative estimate of drug-likeness (QED) is 0.567. The number of alkyl carbamates (subject to hydrolysis) is 1. The van der Waals surface area contributed by atoms with Gasteiger partial charge in [-0.3, -0.25) is 0 Å². The summed E-state index contributed by atoms with van der Waals surface area (Å²) in [5.41, 5.74) is 0. The van der Waals surface area contributed by atoms with Crippen LogP contribution in [0.15, 0.2) is 0 Å². The van der Waals surface area contributed by atoms with E-state index in [1.165, 1.54) is 0 Å². The van der Waals surface area contributed by atoms with Crippen molar-refractivity contribution in [3.05, 3.63) is 0 Å². The van der Waals surface area contributed by atoms with Crippen LogP contribution >= 0.6 is 0 Å². The summed E-state index contributed by atoms with van der Waals surface area (Å²) in [7, 11) is 0. The van der Waals surface area contributed by atoms with Crippen LogP contribution in [0, 0.1) is 0 Å². The molecule has 0 radical (unpaired) electrons. The van der Waals surface area contributed by atoms with Crippen molar-refractivity contribution >= 4 is 6.09 Å². The van der Waals surface area contributed by atoms with Crippen LogP contribution in [0.2, 0.25) is 0 Å². The normalized spacial score (nSPS) is 10.7. The Morgan fingerprint density at radius 2 is 1.44 bits per heavy atom. The SMILES string of the molecule is CCOCCOCCOCCOC(=O)NC(C)C. The maximum Gasteiger partial charge on any atom is 0.407 e. The molecule has 1 amide bonds. The predicted octanol–water partition coefficient (Wildman–Crippen LogP) is 1.19. The van der Waals surface area contributed by atoms with Gasteiger partial charge in [0.25, 0.3) is 0 Å². The van der Waals surface area contributed by atoms with E-state index in [0.717, 1.165) is 0 Å². The highest BCUT2D eigenvalue weighted by molar-refractivity contribution is 5.67. The number of nitrogens with one attached hydrogen (secondary N) is 1. The fraction of sp³-hybridized carbons (Fsp3) is 0.917. The summed E-state index contributed by atoms with van der Waals surface area (Å²) in [6.45, 7) is 9.20. The Bertz CT molecular complexity index is 199. The highest BCUT2D eigenvalue weighted by atomic mass is 16.6. The second-order valence-corrected chi connectivity index (χ2v) is 3.86. The molecule has 0 aliphatic heterocycles. The molecule has 0 saturated carbocycles. The number of amides is 1. The lowest BCUT2D eigenvalue weighted by atomic mass is 10.4. The van der Waals surface area contributed by atoms with E-state index < -0.39 is 6.09 Å². The average molecular weight is 263 g/mol. The second-order valence-electron chi connectivity index (χ2n) is 3.86. The third-order valence-electron chi connectivity index (χ3n) is 1.82. The first-order valence-electron chi connectivity index (χ1n) is 6.33. The lowest BCUT2D eigenvalue weighted by Gasteiger charge is -2.09. The molecular weight excluding hydrogens is 238 g/mol. The number of rotatable bonds is 11. The van der Waals surface area contributed by atoms with E-state index in [-0.39, 0.29) is 12.6 Å². The zero-order valence-electron chi connectivity index (χ0n) is 11.6. The molecule has 6 nitrogen and oxygen atoms in total. The van der Waals surface area contributed by atoms with Crippen molar-refractivity contribution in [3.8, 4) is 0 Å². The number of carbonyl (C=O) groups excluding carboxylic acids is 1. The smallest absolute Gasteiger partial charge is 0.407 e. The van der Waals surface area contributed by atoms with Gasteiger partial charge in [0.05, 0.1) is 33.0 Å². The molecule has 1 N–H and O–H groups in total. The largest absolute Gasteiger partial charge is 0.447 e. The molecule has 0 aromatic heterocycles. The highest BCUT2D eigenvalue weighted by Crippen LogP contribution is 1.85. The average Bonchev–Trinajstić information content (AvgIpc) is 2.30. The van der Waals surface area contributed by atoms with Crippen LogP contribution in [0.3, 0.4) is 0 Å². The van der Waals surface area contributed by atoms with Gasteiger partial charge < -0.3 is 24.3 Å². The van der Waals surface area contributed by atoms with Gasteiger partial charge >= 0.3 is 6.09 Å². The van der Waals surface area contributed by atoms with E-state index in [0.29, 0.717) is 39.6 Å². The Morgan fingerprint density at radius 1 is 0.944 bits per heavy atom. The minimum atomic E-state index is -0.415. The molecule has 0 rings (SSSR count). The molecule has 0 aliphatic rings. The standard InChI is InChI=1S/C12H25NO5/c1-4-15-5-6-16-7-8-17-9-10-18-12(14)13-11(2)3/h11H,4-10H2,1-3H3,(H,13,14). The predicted molar refractivity (Wildman–Crippen MR) is 67.8 cm³/mol. The van der Waals surface area contributed by atoms with E-state index >= 15 is 0 Å². The van der Waals surface area contributed by atoms with Crippen molar-refractivity contribution in [2.24, 2.45) is 0 Å². The van der Waals surface area contributed by atoms with Gasteiger partial charge in [-0.25, -0.2) is 4.79 Å². The number of ether oxygens (including phenoxy) is 4. The molecule has 108 valence electrons. The second kappa shape index (κ2) is 12.6. The molecule has 0 bridgehead atoms. The Morgan fingerprint density at radius 3 is 1.94 bits per heavy atom. The first-order valence-corrected chi connectivity index (χ1v) is 6.33. The monoisotopic (exact) mass is 263 g/mol. The highest BCUT2D eigenvalue weighted by Gasteiger charge is 2.02. The molecule has 0 heterocycles. The van der Waals surface area contributed by atoms with Crippen LogP contribution < -0.4 is 5.32 Å². The summed E-state index contributed by atoms with van der Waals surface area (Å²) in [5, 5.41) is 2.62. The molecular formula is C12H25NO5. The molecule has 0 unspecified atom stereocenters. The number of hydrogen-bond acceptors (Lipinski definition) is 5. The first-order chi connectivity index (χ1) is 8.66. The molecule has 0 aliphatic carbocycles. The molecule has 6 heteroatoms. The van der Waals surface area contributed by atoms with Gasteiger partial charge in [0.2, 0.25) is 0 Å². The van der Waals surface area contributed by atoms with E-state index in [4.69, 9.17) is 18.9 Å². The van der Waals surface area contributed by atoms with E-state index in [2.05, 4.69) is 5.32 Å². The lowest BCUT2D eigenvalue weighted by molar-refractivity contribution is 0.00734. The summed E-state index contributed by atoms with van der Waals surface area (Å²) in [5.74, 6) is 0. The van der Waals surface area contributed by atoms with Gasteiger partial charge in [0.1, 0.15) is 6.61 Å². The van der Waals surface area contributed by atoms with Crippen LogP contribution in [0.4, 0.5) is 4.79 Å². The van der Waals surface area contributed by atoms with Crippen LogP contribution in [-0.4, -0.2) is 58.4 Å². The molecule has 0 saturated heterocycles. The zero-order chi connectivity index (χ0) is 13.6. The molecule has 0 atom stereocenters. The van der Waals surface area contributed by atoms with Gasteiger partial charge in [0.15, 0.2) is 0 Å². The van der Waals surface area contributed by atoms with Gasteiger partial charge in [0, 0.05) is 12.6 Å². The maximum atomic E-state index is 11.1. The summed E-state index contributed by atoms with van der Waals surface area (Å²) >= 11 is 0. The molecule has 0 fully saturated rings. The number of hydrogen-bond donors (Lipinski definition) is 1. The molecule has 0 aromatic rings. The summed E-state index contributed by atoms with van der Waals surface area (Å²) in [6, 6.07) is 0.0807. The fourth-order valence-electron chi connectivity index (χ4n) is 1.05. The Labute approximate surface area is 109 Å². The van der Waals surface area contributed by atoms with Crippen molar-refractivity contribution in [1.29, 1.82) is 0 Å². The van der Waals surface area contributed by atoms with Crippen LogP contribution in [0.25, 0.3) is 0 Å². The molecule has 0 spiro atoms. The summed E-state index contributed by atoms with van der Waals surface area (Å²) in [6.07, 6.45) is -0.415. The van der Waals surface area contributed by atoms with E-state index in [1.807, 2.05) is 20.8 Å². The van der Waals surface area contributed by atoms with Gasteiger partial charge in [-0.1, -0.05) is 0 Å². The third kappa shape index (κ3) is 13.2. The van der Waals surface area contributed by atoms with Crippen LogP contribution in [0.5, 0.6) is 0 Å². The Hall–Kier alpha value is -0.850. The lowest BCUT2D eigenvalue weighted by Crippen LogP contribution is -2.31. The van der Waals surface area contributed by atoms with Crippen LogP contribution in [-0.2, 0) is 18.9 Å². The number of carbonyl (C=O) groups is 1. The van der Waals surface area contributed by atoms with Crippen molar-refractivity contribution in [2.45, 2.75) is 26.8 Å². The Kier molecular flexibility index (Phi) is 12.0. The van der Waals surface area contributed by atoms with Gasteiger partial charge in [-0.05, 0) is 20.8 Å². The van der Waals surface area contributed by atoms with Gasteiger partial charge in [-0.2, -0.15) is 0 Å². The van der Waals surface area contributed by atoms with Crippen LogP contribution in [0.1, 0.15) is 20.8 Å². The molecule has 18 heavy (non-hydrogen) atoms. The first kappa shape index (κ1) is 17.2.